The van der Waals surface area contributed by atoms with Gasteiger partial charge in [-0.3, -0.25) is 4.79 Å². The molecule has 0 bridgehead atoms. The Morgan fingerprint density at radius 3 is 2.83 bits per heavy atom. The zero-order valence-electron chi connectivity index (χ0n) is 15.1. The average Bonchev–Trinajstić information content (AvgIpc) is 3.14. The first-order valence-corrected chi connectivity index (χ1v) is 9.48. The van der Waals surface area contributed by atoms with Crippen molar-refractivity contribution in [2.45, 2.75) is 19.2 Å². The maximum Gasteiger partial charge on any atom is 0.417 e. The molecule has 11 heteroatoms. The molecular formula is C18H15BrF3N5O2. The van der Waals surface area contributed by atoms with Crippen LogP contribution < -0.4 is 0 Å². The fourth-order valence-electron chi connectivity index (χ4n) is 3.26. The molecule has 4 rings (SSSR count). The first-order chi connectivity index (χ1) is 13.7. The highest BCUT2D eigenvalue weighted by molar-refractivity contribution is 9.10. The minimum absolute atomic E-state index is 0.169. The van der Waals surface area contributed by atoms with Crippen LogP contribution in [0.15, 0.2) is 35.1 Å². The van der Waals surface area contributed by atoms with Gasteiger partial charge in [0.1, 0.15) is 12.4 Å². The molecule has 0 aliphatic carbocycles. The Bertz CT molecular complexity index is 1090. The van der Waals surface area contributed by atoms with E-state index in [1.54, 1.807) is 9.42 Å². The van der Waals surface area contributed by atoms with Gasteiger partial charge in [0.2, 0.25) is 0 Å². The number of benzene rings is 1. The van der Waals surface area contributed by atoms with E-state index in [1.807, 2.05) is 13.0 Å². The molecule has 0 spiro atoms. The summed E-state index contributed by atoms with van der Waals surface area (Å²) in [5.41, 5.74) is 0.785. The number of rotatable bonds is 2. The van der Waals surface area contributed by atoms with Crippen molar-refractivity contribution < 1.29 is 22.7 Å². The number of aromatic nitrogens is 4. The Labute approximate surface area is 171 Å². The van der Waals surface area contributed by atoms with Crippen molar-refractivity contribution in [1.29, 1.82) is 0 Å². The first kappa shape index (κ1) is 19.8. The molecule has 1 aromatic carbocycles. The highest BCUT2D eigenvalue weighted by atomic mass is 79.9. The molecule has 29 heavy (non-hydrogen) atoms. The van der Waals surface area contributed by atoms with Crippen LogP contribution in [-0.2, 0) is 10.9 Å². The standard InChI is InChI=1S/C18H15BrF3N5O2/c1-10-6-14(27-17(25-10)23-9-24-27)15-8-26(4-5-29-15)16(28)11-2-3-12(13(19)7-11)18(20,21)22/h2-3,6-7,9,15H,4-5,8H2,1H3/t15-/m1/s1. The fourth-order valence-corrected chi connectivity index (χ4v) is 3.87. The van der Waals surface area contributed by atoms with Crippen LogP contribution in [0.2, 0.25) is 0 Å². The van der Waals surface area contributed by atoms with E-state index >= 15 is 0 Å². The van der Waals surface area contributed by atoms with E-state index in [4.69, 9.17) is 4.74 Å². The average molecular weight is 470 g/mol. The topological polar surface area (TPSA) is 72.6 Å². The van der Waals surface area contributed by atoms with Crippen LogP contribution in [0.25, 0.3) is 5.78 Å². The maximum atomic E-state index is 12.9. The summed E-state index contributed by atoms with van der Waals surface area (Å²) in [6.45, 7) is 2.67. The third-order valence-corrected chi connectivity index (χ3v) is 5.27. The summed E-state index contributed by atoms with van der Waals surface area (Å²) < 4.78 is 46.1. The Kier molecular flexibility index (Phi) is 5.03. The second-order valence-electron chi connectivity index (χ2n) is 6.60. The first-order valence-electron chi connectivity index (χ1n) is 8.69. The Hall–Kier alpha value is -2.53. The van der Waals surface area contributed by atoms with Crippen LogP contribution >= 0.6 is 15.9 Å². The lowest BCUT2D eigenvalue weighted by atomic mass is 10.1. The van der Waals surface area contributed by atoms with E-state index in [9.17, 15) is 18.0 Å². The summed E-state index contributed by atoms with van der Waals surface area (Å²) in [6, 6.07) is 5.10. The normalized spacial score (nSPS) is 17.7. The number of ether oxygens (including phenoxy) is 1. The highest BCUT2D eigenvalue weighted by Crippen LogP contribution is 2.35. The van der Waals surface area contributed by atoms with Crippen LogP contribution in [0.5, 0.6) is 0 Å². The van der Waals surface area contributed by atoms with Crippen LogP contribution in [0.4, 0.5) is 13.2 Å². The summed E-state index contributed by atoms with van der Waals surface area (Å²) in [4.78, 5) is 22.8. The monoisotopic (exact) mass is 469 g/mol. The smallest absolute Gasteiger partial charge is 0.368 e. The molecule has 1 amide bonds. The third kappa shape index (κ3) is 3.84. The van der Waals surface area contributed by atoms with Crippen LogP contribution in [-0.4, -0.2) is 50.1 Å². The van der Waals surface area contributed by atoms with Crippen molar-refractivity contribution in [2.24, 2.45) is 0 Å². The number of hydrogen-bond donors (Lipinski definition) is 0. The van der Waals surface area contributed by atoms with E-state index in [1.165, 1.54) is 18.5 Å². The quantitative estimate of drug-likeness (QED) is 0.574. The molecule has 7 nitrogen and oxygen atoms in total. The molecule has 0 saturated carbocycles. The van der Waals surface area contributed by atoms with Crippen molar-refractivity contribution in [1.82, 2.24) is 24.5 Å². The Morgan fingerprint density at radius 2 is 2.10 bits per heavy atom. The third-order valence-electron chi connectivity index (χ3n) is 4.61. The van der Waals surface area contributed by atoms with E-state index < -0.39 is 17.8 Å². The fraction of sp³-hybridized carbons (Fsp3) is 0.333. The van der Waals surface area contributed by atoms with E-state index in [0.29, 0.717) is 18.0 Å². The maximum absolute atomic E-state index is 12.9. The molecule has 3 aromatic rings. The van der Waals surface area contributed by atoms with Crippen LogP contribution in [0.3, 0.4) is 0 Å². The SMILES string of the molecule is Cc1cc([C@H]2CN(C(=O)c3ccc(C(F)(F)F)c(Br)c3)CCO2)n2ncnc2n1. The number of carbonyl (C=O) groups is 1. The number of carbonyl (C=O) groups excluding carboxylic acids is 1. The van der Waals surface area contributed by atoms with Gasteiger partial charge in [-0.05, 0) is 31.2 Å². The molecule has 1 aliphatic rings. The van der Waals surface area contributed by atoms with E-state index in [2.05, 4.69) is 31.0 Å². The molecule has 2 aromatic heterocycles. The number of halogens is 4. The summed E-state index contributed by atoms with van der Waals surface area (Å²) in [5, 5.41) is 4.15. The number of alkyl halides is 3. The summed E-state index contributed by atoms with van der Waals surface area (Å²) >= 11 is 2.91. The number of fused-ring (bicyclic) bond motifs is 1. The predicted octanol–water partition coefficient (Wildman–Crippen LogP) is 3.43. The predicted molar refractivity (Wildman–Crippen MR) is 99.3 cm³/mol. The van der Waals surface area contributed by atoms with Crippen LogP contribution in [0.1, 0.15) is 33.4 Å². The molecular weight excluding hydrogens is 455 g/mol. The lowest BCUT2D eigenvalue weighted by Crippen LogP contribution is -2.42. The van der Waals surface area contributed by atoms with Crippen molar-refractivity contribution in [2.75, 3.05) is 19.7 Å². The summed E-state index contributed by atoms with van der Waals surface area (Å²) in [7, 11) is 0. The number of morpholine rings is 1. The number of aryl methyl sites for hydroxylation is 1. The molecule has 1 aliphatic heterocycles. The van der Waals surface area contributed by atoms with Crippen LogP contribution in [0, 0.1) is 6.92 Å². The van der Waals surface area contributed by atoms with Gasteiger partial charge in [-0.2, -0.15) is 27.8 Å². The zero-order valence-corrected chi connectivity index (χ0v) is 16.7. The summed E-state index contributed by atoms with van der Waals surface area (Å²) in [5.74, 6) is 0.0621. The van der Waals surface area contributed by atoms with Gasteiger partial charge in [-0.1, -0.05) is 15.9 Å². The molecule has 1 fully saturated rings. The number of nitrogens with zero attached hydrogens (tertiary/aromatic N) is 5. The van der Waals surface area contributed by atoms with Gasteiger partial charge in [0, 0.05) is 22.3 Å². The van der Waals surface area contributed by atoms with Gasteiger partial charge < -0.3 is 9.64 Å². The van der Waals surface area contributed by atoms with Crippen molar-refractivity contribution in [3.8, 4) is 0 Å². The van der Waals surface area contributed by atoms with Gasteiger partial charge in [-0.25, -0.2) is 4.98 Å². The second kappa shape index (κ2) is 7.38. The number of amides is 1. The molecule has 1 atom stereocenters. The van der Waals surface area contributed by atoms with Crippen molar-refractivity contribution in [3.63, 3.8) is 0 Å². The molecule has 0 radical (unpaired) electrons. The Balaban J connectivity index is 1.59. The lowest BCUT2D eigenvalue weighted by Gasteiger charge is -2.33. The lowest BCUT2D eigenvalue weighted by molar-refractivity contribution is -0.138. The van der Waals surface area contributed by atoms with Crippen molar-refractivity contribution >= 4 is 27.6 Å². The van der Waals surface area contributed by atoms with Gasteiger partial charge >= 0.3 is 6.18 Å². The molecule has 0 N–H and O–H groups in total. The molecule has 152 valence electrons. The largest absolute Gasteiger partial charge is 0.417 e. The summed E-state index contributed by atoms with van der Waals surface area (Å²) in [6.07, 6.45) is -3.57. The minimum atomic E-state index is -4.49. The van der Waals surface area contributed by atoms with Gasteiger partial charge in [0.25, 0.3) is 11.7 Å². The molecule has 0 unspecified atom stereocenters. The number of hydrogen-bond acceptors (Lipinski definition) is 5. The zero-order chi connectivity index (χ0) is 20.8. The molecule has 1 saturated heterocycles. The second-order valence-corrected chi connectivity index (χ2v) is 7.45. The van der Waals surface area contributed by atoms with Gasteiger partial charge in [-0.15, -0.1) is 0 Å². The van der Waals surface area contributed by atoms with E-state index in [0.717, 1.165) is 11.8 Å². The highest BCUT2D eigenvalue weighted by Gasteiger charge is 2.34. The van der Waals surface area contributed by atoms with Gasteiger partial charge in [0.05, 0.1) is 24.4 Å². The van der Waals surface area contributed by atoms with Gasteiger partial charge in [0.15, 0.2) is 0 Å². The van der Waals surface area contributed by atoms with E-state index in [-0.39, 0.29) is 29.1 Å². The Morgan fingerprint density at radius 1 is 1.31 bits per heavy atom. The minimum Gasteiger partial charge on any atom is -0.368 e. The van der Waals surface area contributed by atoms with Crippen molar-refractivity contribution in [3.05, 3.63) is 57.6 Å². The molecule has 3 heterocycles.